The van der Waals surface area contributed by atoms with Crippen LogP contribution in [0.5, 0.6) is 11.5 Å². The summed E-state index contributed by atoms with van der Waals surface area (Å²) in [6, 6.07) is 12.2. The van der Waals surface area contributed by atoms with Crippen LogP contribution in [0.4, 0.5) is 5.69 Å². The molecule has 1 aliphatic rings. The smallest absolute Gasteiger partial charge is 0.262 e. The summed E-state index contributed by atoms with van der Waals surface area (Å²) in [6.07, 6.45) is 3.38. The number of carbonyl (C=O) groups excluding carboxylic acids is 2. The number of nitrogens with zero attached hydrogens (tertiary/aromatic N) is 3. The second kappa shape index (κ2) is 11.9. The number of ether oxygens (including phenoxy) is 2. The first-order chi connectivity index (χ1) is 17.5. The average Bonchev–Trinajstić information content (AvgIpc) is 2.92. The lowest BCUT2D eigenvalue weighted by Crippen LogP contribution is -2.36. The number of fused-ring (bicyclic) bond motifs is 1. The number of benzene rings is 2. The molecule has 0 bridgehead atoms. The van der Waals surface area contributed by atoms with Crippen LogP contribution in [0.25, 0.3) is 10.9 Å². The van der Waals surface area contributed by atoms with E-state index in [-0.39, 0.29) is 36.1 Å². The van der Waals surface area contributed by atoms with Gasteiger partial charge >= 0.3 is 0 Å². The maximum atomic E-state index is 13.3. The van der Waals surface area contributed by atoms with Gasteiger partial charge in [-0.15, -0.1) is 0 Å². The first-order valence-electron chi connectivity index (χ1n) is 11.9. The second-order valence-corrected chi connectivity index (χ2v) is 9.41. The van der Waals surface area contributed by atoms with Crippen molar-refractivity contribution >= 4 is 40.2 Å². The molecular formula is C26H30N4O5S. The molecule has 2 amide bonds. The molecule has 1 fully saturated rings. The monoisotopic (exact) mass is 510 g/mol. The number of thioether (sulfide) groups is 1. The van der Waals surface area contributed by atoms with Gasteiger partial charge in [-0.2, -0.15) is 0 Å². The van der Waals surface area contributed by atoms with Crippen molar-refractivity contribution in [1.29, 1.82) is 0 Å². The third kappa shape index (κ3) is 5.99. The Hall–Kier alpha value is -3.53. The van der Waals surface area contributed by atoms with Crippen LogP contribution >= 0.6 is 11.8 Å². The van der Waals surface area contributed by atoms with E-state index < -0.39 is 0 Å². The minimum atomic E-state index is -0.276. The Morgan fingerprint density at radius 3 is 2.58 bits per heavy atom. The van der Waals surface area contributed by atoms with Gasteiger partial charge in [0.05, 0.1) is 36.6 Å². The van der Waals surface area contributed by atoms with Gasteiger partial charge in [0, 0.05) is 32.1 Å². The molecule has 2 heterocycles. The van der Waals surface area contributed by atoms with E-state index in [2.05, 4.69) is 10.3 Å². The van der Waals surface area contributed by atoms with E-state index in [1.807, 2.05) is 11.0 Å². The summed E-state index contributed by atoms with van der Waals surface area (Å²) in [4.78, 5) is 45.3. The molecular weight excluding hydrogens is 480 g/mol. The van der Waals surface area contributed by atoms with Crippen molar-refractivity contribution in [2.75, 3.05) is 38.4 Å². The molecule has 3 aromatic rings. The Morgan fingerprint density at radius 1 is 1.06 bits per heavy atom. The number of hydrogen-bond donors (Lipinski definition) is 1. The lowest BCUT2D eigenvalue weighted by atomic mass is 10.1. The van der Waals surface area contributed by atoms with E-state index in [4.69, 9.17) is 9.47 Å². The van der Waals surface area contributed by atoms with Crippen molar-refractivity contribution in [2.45, 2.75) is 37.4 Å². The molecule has 36 heavy (non-hydrogen) atoms. The van der Waals surface area contributed by atoms with Crippen molar-refractivity contribution < 1.29 is 19.1 Å². The molecule has 0 spiro atoms. The van der Waals surface area contributed by atoms with Gasteiger partial charge in [0.25, 0.3) is 5.56 Å². The summed E-state index contributed by atoms with van der Waals surface area (Å²) in [6.45, 7) is 1.74. The number of likely N-dealkylation sites (tertiary alicyclic amines) is 1. The van der Waals surface area contributed by atoms with Gasteiger partial charge < -0.3 is 19.7 Å². The molecule has 2 aromatic carbocycles. The Morgan fingerprint density at radius 2 is 1.83 bits per heavy atom. The molecule has 0 unspecified atom stereocenters. The summed E-state index contributed by atoms with van der Waals surface area (Å²) in [5.74, 6) is 0.879. The van der Waals surface area contributed by atoms with Crippen LogP contribution in [0.1, 0.15) is 25.7 Å². The summed E-state index contributed by atoms with van der Waals surface area (Å²) in [7, 11) is 3.07. The largest absolute Gasteiger partial charge is 0.497 e. The quantitative estimate of drug-likeness (QED) is 0.347. The van der Waals surface area contributed by atoms with Crippen molar-refractivity contribution in [1.82, 2.24) is 14.5 Å². The topological polar surface area (TPSA) is 103 Å². The van der Waals surface area contributed by atoms with Gasteiger partial charge in [0.15, 0.2) is 5.16 Å². The number of methoxy groups -OCH3 is 2. The lowest BCUT2D eigenvalue weighted by molar-refractivity contribution is -0.132. The minimum absolute atomic E-state index is 0.0278. The third-order valence-electron chi connectivity index (χ3n) is 6.10. The highest BCUT2D eigenvalue weighted by Gasteiger charge is 2.19. The zero-order valence-corrected chi connectivity index (χ0v) is 21.3. The molecule has 0 atom stereocenters. The highest BCUT2D eigenvalue weighted by atomic mass is 32.2. The van der Waals surface area contributed by atoms with E-state index in [9.17, 15) is 14.4 Å². The Kier molecular flexibility index (Phi) is 8.48. The maximum Gasteiger partial charge on any atom is 0.262 e. The van der Waals surface area contributed by atoms with Crippen molar-refractivity contribution in [3.05, 3.63) is 52.8 Å². The fourth-order valence-electron chi connectivity index (χ4n) is 4.18. The first-order valence-corrected chi connectivity index (χ1v) is 12.9. The van der Waals surface area contributed by atoms with Crippen LogP contribution in [-0.2, 0) is 16.1 Å². The van der Waals surface area contributed by atoms with Crippen molar-refractivity contribution in [3.8, 4) is 11.5 Å². The van der Waals surface area contributed by atoms with Gasteiger partial charge in [0.1, 0.15) is 11.5 Å². The molecule has 190 valence electrons. The predicted octanol–water partition coefficient (Wildman–Crippen LogP) is 3.55. The average molecular weight is 511 g/mol. The molecule has 0 aliphatic carbocycles. The molecule has 1 saturated heterocycles. The summed E-state index contributed by atoms with van der Waals surface area (Å²) in [5, 5.41) is 3.72. The zero-order chi connectivity index (χ0) is 25.5. The van der Waals surface area contributed by atoms with Crippen LogP contribution in [0.2, 0.25) is 0 Å². The molecule has 1 aromatic heterocycles. The molecule has 10 heteroatoms. The van der Waals surface area contributed by atoms with Crippen LogP contribution in [0.15, 0.2) is 52.4 Å². The van der Waals surface area contributed by atoms with Crippen molar-refractivity contribution in [3.63, 3.8) is 0 Å². The molecule has 0 saturated carbocycles. The number of carbonyl (C=O) groups is 2. The number of aromatic nitrogens is 2. The first kappa shape index (κ1) is 25.6. The van der Waals surface area contributed by atoms with Gasteiger partial charge in [-0.05, 0) is 43.5 Å². The third-order valence-corrected chi connectivity index (χ3v) is 7.08. The number of amides is 2. The number of piperidine rings is 1. The number of hydrogen-bond acceptors (Lipinski definition) is 7. The van der Waals surface area contributed by atoms with Gasteiger partial charge in [-0.1, -0.05) is 23.9 Å². The lowest BCUT2D eigenvalue weighted by Gasteiger charge is -2.27. The number of para-hydroxylation sites is 1. The number of nitrogens with one attached hydrogen (secondary N) is 1. The van der Waals surface area contributed by atoms with Crippen molar-refractivity contribution in [2.24, 2.45) is 0 Å². The summed E-state index contributed by atoms with van der Waals surface area (Å²) >= 11 is 1.16. The van der Waals surface area contributed by atoms with Gasteiger partial charge in [0.2, 0.25) is 11.8 Å². The van der Waals surface area contributed by atoms with E-state index in [1.165, 1.54) is 11.7 Å². The molecule has 0 radical (unpaired) electrons. The zero-order valence-electron chi connectivity index (χ0n) is 20.5. The molecule has 1 aliphatic heterocycles. The minimum Gasteiger partial charge on any atom is -0.497 e. The highest BCUT2D eigenvalue weighted by molar-refractivity contribution is 7.99. The Bertz CT molecular complexity index is 1300. The summed E-state index contributed by atoms with van der Waals surface area (Å²) < 4.78 is 12.0. The maximum absolute atomic E-state index is 13.3. The summed E-state index contributed by atoms with van der Waals surface area (Å²) in [5.41, 5.74) is 0.854. The van der Waals surface area contributed by atoms with E-state index in [0.717, 1.165) is 44.1 Å². The molecule has 1 N–H and O–H groups in total. The number of rotatable bonds is 9. The highest BCUT2D eigenvalue weighted by Crippen LogP contribution is 2.29. The van der Waals surface area contributed by atoms with Gasteiger partial charge in [-0.3, -0.25) is 19.0 Å². The fraction of sp³-hybridized carbons (Fsp3) is 0.385. The van der Waals surface area contributed by atoms with E-state index in [1.54, 1.807) is 43.5 Å². The SMILES string of the molecule is COc1ccc(NC(=O)CSc2nc3ccccc3c(=O)n2CCC(=O)N2CCCCC2)c(OC)c1. The van der Waals surface area contributed by atoms with E-state index >= 15 is 0 Å². The normalized spacial score (nSPS) is 13.4. The van der Waals surface area contributed by atoms with Crippen LogP contribution in [-0.4, -0.2) is 59.3 Å². The van der Waals surface area contributed by atoms with Crippen LogP contribution in [0, 0.1) is 0 Å². The standard InChI is InChI=1S/C26H30N4O5S/c1-34-18-10-11-21(22(16-18)35-2)27-23(31)17-36-26-28-20-9-5-4-8-19(20)25(33)30(26)15-12-24(32)29-13-6-3-7-14-29/h4-5,8-11,16H,3,6-7,12-15,17H2,1-2H3,(H,27,31). The van der Waals surface area contributed by atoms with E-state index in [0.29, 0.717) is 33.2 Å². The van der Waals surface area contributed by atoms with Crippen LogP contribution in [0.3, 0.4) is 0 Å². The Labute approximate surface area is 213 Å². The molecule has 4 rings (SSSR count). The number of anilines is 1. The van der Waals surface area contributed by atoms with Crippen LogP contribution < -0.4 is 20.3 Å². The Balaban J connectivity index is 1.50. The fourth-order valence-corrected chi connectivity index (χ4v) is 5.01. The second-order valence-electron chi connectivity index (χ2n) is 8.46. The predicted molar refractivity (Wildman–Crippen MR) is 140 cm³/mol. The van der Waals surface area contributed by atoms with Gasteiger partial charge in [-0.25, -0.2) is 4.98 Å². The molecule has 9 nitrogen and oxygen atoms in total.